The third kappa shape index (κ3) is 5.60. The van der Waals surface area contributed by atoms with Crippen molar-refractivity contribution in [3.05, 3.63) is 77.6 Å². The highest BCUT2D eigenvalue weighted by atomic mass is 16.6. The predicted octanol–water partition coefficient (Wildman–Crippen LogP) is 4.96. The molecule has 0 saturated heterocycles. The van der Waals surface area contributed by atoms with Gasteiger partial charge in [0.1, 0.15) is 19.8 Å². The van der Waals surface area contributed by atoms with Gasteiger partial charge in [-0.05, 0) is 66.4 Å². The van der Waals surface area contributed by atoms with Crippen LogP contribution >= 0.6 is 0 Å². The van der Waals surface area contributed by atoms with E-state index in [0.717, 1.165) is 16.9 Å². The molecular weight excluding hydrogens is 432 g/mol. The molecule has 2 heterocycles. The number of amides is 1. The van der Waals surface area contributed by atoms with Crippen LogP contribution in [0.2, 0.25) is 0 Å². The molecule has 0 aliphatic carbocycles. The number of aromatic nitrogens is 1. The average molecular weight is 463 g/mol. The van der Waals surface area contributed by atoms with E-state index in [9.17, 15) is 4.79 Å². The van der Waals surface area contributed by atoms with Crippen molar-refractivity contribution in [2.24, 2.45) is 5.92 Å². The number of carbonyl (C=O) groups excluding carboxylic acids is 1. The first-order valence-corrected chi connectivity index (χ1v) is 11.5. The van der Waals surface area contributed by atoms with Crippen molar-refractivity contribution in [3.63, 3.8) is 0 Å². The molecule has 0 fully saturated rings. The summed E-state index contributed by atoms with van der Waals surface area (Å²) in [5, 5.41) is 3.16. The summed E-state index contributed by atoms with van der Waals surface area (Å²) < 4.78 is 23.1. The quantitative estimate of drug-likeness (QED) is 0.484. The van der Waals surface area contributed by atoms with Gasteiger partial charge in [0.2, 0.25) is 0 Å². The van der Waals surface area contributed by atoms with E-state index in [1.165, 1.54) is 0 Å². The molecule has 178 valence electrons. The summed E-state index contributed by atoms with van der Waals surface area (Å²) in [4.78, 5) is 17.2. The molecule has 1 atom stereocenters. The van der Waals surface area contributed by atoms with E-state index in [4.69, 9.17) is 18.9 Å². The van der Waals surface area contributed by atoms with E-state index in [2.05, 4.69) is 24.1 Å². The number of benzene rings is 2. The Balaban J connectivity index is 1.51. The van der Waals surface area contributed by atoms with Gasteiger partial charge in [0.05, 0.1) is 12.6 Å². The molecule has 1 aromatic heterocycles. The predicted molar refractivity (Wildman–Crippen MR) is 129 cm³/mol. The summed E-state index contributed by atoms with van der Waals surface area (Å²) in [6.45, 7) is 7.95. The molecule has 1 aliphatic heterocycles. The largest absolute Gasteiger partial charge is 0.490 e. The molecule has 7 nitrogen and oxygen atoms in total. The Kier molecular flexibility index (Phi) is 7.52. The molecule has 0 bridgehead atoms. The first kappa shape index (κ1) is 23.4. The summed E-state index contributed by atoms with van der Waals surface area (Å²) in [6, 6.07) is 14.7. The van der Waals surface area contributed by atoms with Crippen LogP contribution in [0.5, 0.6) is 23.0 Å². The van der Waals surface area contributed by atoms with Gasteiger partial charge in [0.15, 0.2) is 23.0 Å². The highest BCUT2D eigenvalue weighted by Crippen LogP contribution is 2.35. The molecule has 7 heteroatoms. The second-order valence-electron chi connectivity index (χ2n) is 8.34. The topological polar surface area (TPSA) is 78.9 Å². The first-order valence-electron chi connectivity index (χ1n) is 11.5. The van der Waals surface area contributed by atoms with E-state index >= 15 is 0 Å². The van der Waals surface area contributed by atoms with Crippen LogP contribution in [0.15, 0.2) is 60.9 Å². The second kappa shape index (κ2) is 10.9. The molecule has 1 aliphatic rings. The van der Waals surface area contributed by atoms with E-state index in [-0.39, 0.29) is 17.9 Å². The minimum absolute atomic E-state index is 0.167. The molecule has 1 amide bonds. The lowest BCUT2D eigenvalue weighted by Gasteiger charge is -2.25. The van der Waals surface area contributed by atoms with Crippen LogP contribution in [0.25, 0.3) is 0 Å². The van der Waals surface area contributed by atoms with Gasteiger partial charge in [-0.2, -0.15) is 0 Å². The zero-order valence-corrected chi connectivity index (χ0v) is 19.7. The lowest BCUT2D eigenvalue weighted by atomic mass is 9.95. The van der Waals surface area contributed by atoms with Gasteiger partial charge in [0.25, 0.3) is 5.91 Å². The molecule has 3 aromatic rings. The number of nitrogens with zero attached hydrogens (tertiary/aromatic N) is 1. The van der Waals surface area contributed by atoms with Crippen molar-refractivity contribution in [2.75, 3.05) is 19.8 Å². The van der Waals surface area contributed by atoms with Gasteiger partial charge in [-0.1, -0.05) is 19.9 Å². The maximum absolute atomic E-state index is 13.2. The van der Waals surface area contributed by atoms with Crippen LogP contribution in [0, 0.1) is 5.92 Å². The van der Waals surface area contributed by atoms with Crippen molar-refractivity contribution in [3.8, 4) is 23.0 Å². The average Bonchev–Trinajstić information content (AvgIpc) is 2.86. The van der Waals surface area contributed by atoms with Gasteiger partial charge in [-0.25, -0.2) is 0 Å². The number of rotatable bonds is 9. The molecule has 0 radical (unpaired) electrons. The number of carbonyl (C=O) groups is 1. The van der Waals surface area contributed by atoms with Gasteiger partial charge < -0.3 is 24.3 Å². The van der Waals surface area contributed by atoms with Crippen molar-refractivity contribution in [1.82, 2.24) is 10.3 Å². The number of hydrogen-bond acceptors (Lipinski definition) is 6. The van der Waals surface area contributed by atoms with Gasteiger partial charge in [-0.15, -0.1) is 0 Å². The SMILES string of the molecule is CCOc1cc(C(=O)N[C@@H](c2ccc3c(c2)OCCO3)C(C)C)ccc1OCc1ccncc1. The van der Waals surface area contributed by atoms with Crippen LogP contribution in [0.1, 0.15) is 48.3 Å². The highest BCUT2D eigenvalue weighted by molar-refractivity contribution is 5.95. The monoisotopic (exact) mass is 462 g/mol. The minimum atomic E-state index is -0.193. The Hall–Kier alpha value is -3.74. The van der Waals surface area contributed by atoms with Crippen molar-refractivity contribution < 1.29 is 23.7 Å². The van der Waals surface area contributed by atoms with E-state index in [1.807, 2.05) is 37.3 Å². The molecule has 1 N–H and O–H groups in total. The van der Waals surface area contributed by atoms with Gasteiger partial charge >= 0.3 is 0 Å². The van der Waals surface area contributed by atoms with Crippen LogP contribution in [-0.2, 0) is 6.61 Å². The maximum Gasteiger partial charge on any atom is 0.251 e. The number of nitrogens with one attached hydrogen (secondary N) is 1. The van der Waals surface area contributed by atoms with E-state index in [0.29, 0.717) is 49.2 Å². The third-order valence-electron chi connectivity index (χ3n) is 5.53. The third-order valence-corrected chi connectivity index (χ3v) is 5.53. The molecule has 2 aromatic carbocycles. The molecule has 0 unspecified atom stereocenters. The van der Waals surface area contributed by atoms with Crippen LogP contribution in [-0.4, -0.2) is 30.7 Å². The lowest BCUT2D eigenvalue weighted by molar-refractivity contribution is 0.0924. The van der Waals surface area contributed by atoms with E-state index < -0.39 is 0 Å². The highest BCUT2D eigenvalue weighted by Gasteiger charge is 2.23. The second-order valence-corrected chi connectivity index (χ2v) is 8.34. The van der Waals surface area contributed by atoms with Crippen LogP contribution < -0.4 is 24.3 Å². The van der Waals surface area contributed by atoms with Crippen molar-refractivity contribution in [1.29, 1.82) is 0 Å². The molecule has 0 saturated carbocycles. The Morgan fingerprint density at radius 3 is 2.47 bits per heavy atom. The fourth-order valence-corrected chi connectivity index (χ4v) is 3.79. The Morgan fingerprint density at radius 2 is 1.74 bits per heavy atom. The van der Waals surface area contributed by atoms with E-state index in [1.54, 1.807) is 30.6 Å². The Bertz CT molecular complexity index is 1120. The zero-order chi connectivity index (χ0) is 23.9. The molecule has 4 rings (SSSR count). The maximum atomic E-state index is 13.2. The summed E-state index contributed by atoms with van der Waals surface area (Å²) in [7, 11) is 0. The summed E-state index contributed by atoms with van der Waals surface area (Å²) in [6.07, 6.45) is 3.45. The molecular formula is C27H30N2O5. The first-order chi connectivity index (χ1) is 16.5. The number of pyridine rings is 1. The number of hydrogen-bond donors (Lipinski definition) is 1. The fourth-order valence-electron chi connectivity index (χ4n) is 3.79. The smallest absolute Gasteiger partial charge is 0.251 e. The normalized spacial score (nSPS) is 13.3. The zero-order valence-electron chi connectivity index (χ0n) is 19.7. The van der Waals surface area contributed by atoms with Crippen LogP contribution in [0.3, 0.4) is 0 Å². The standard InChI is InChI=1S/C27H30N2O5/c1-4-31-24-16-21(6-8-23(24)34-17-19-9-11-28-12-10-19)27(30)29-26(18(2)3)20-5-7-22-25(15-20)33-14-13-32-22/h5-12,15-16,18,26H,4,13-14,17H2,1-3H3,(H,29,30)/t26-/m1/s1. The Labute approximate surface area is 200 Å². The minimum Gasteiger partial charge on any atom is -0.490 e. The van der Waals surface area contributed by atoms with Crippen molar-refractivity contribution in [2.45, 2.75) is 33.4 Å². The molecule has 0 spiro atoms. The Morgan fingerprint density at radius 1 is 0.971 bits per heavy atom. The van der Waals surface area contributed by atoms with Gasteiger partial charge in [0, 0.05) is 18.0 Å². The number of fused-ring (bicyclic) bond motifs is 1. The number of ether oxygens (including phenoxy) is 4. The summed E-state index contributed by atoms with van der Waals surface area (Å²) >= 11 is 0. The summed E-state index contributed by atoms with van der Waals surface area (Å²) in [5.41, 5.74) is 2.47. The fraction of sp³-hybridized carbons (Fsp3) is 0.333. The summed E-state index contributed by atoms with van der Waals surface area (Å²) in [5.74, 6) is 2.54. The van der Waals surface area contributed by atoms with Crippen LogP contribution in [0.4, 0.5) is 0 Å². The molecule has 34 heavy (non-hydrogen) atoms. The van der Waals surface area contributed by atoms with Gasteiger partial charge in [-0.3, -0.25) is 9.78 Å². The lowest BCUT2D eigenvalue weighted by Crippen LogP contribution is -2.32. The van der Waals surface area contributed by atoms with Crippen molar-refractivity contribution >= 4 is 5.91 Å².